The van der Waals surface area contributed by atoms with E-state index in [4.69, 9.17) is 10.5 Å². The number of carbonyl (C=O) groups is 2. The van der Waals surface area contributed by atoms with Crippen LogP contribution >= 0.6 is 0 Å². The smallest absolute Gasteiger partial charge is 0.211 e. The number of hydrogen-bond acceptors (Lipinski definition) is 6. The summed E-state index contributed by atoms with van der Waals surface area (Å²) < 4.78 is 5.66. The van der Waals surface area contributed by atoms with E-state index in [9.17, 15) is 9.59 Å². The van der Waals surface area contributed by atoms with E-state index < -0.39 is 0 Å². The van der Waals surface area contributed by atoms with Gasteiger partial charge >= 0.3 is 0 Å². The number of nitrogens with zero attached hydrogens (tertiary/aromatic N) is 1. The normalized spacial score (nSPS) is 19.2. The minimum atomic E-state index is -0.306. The summed E-state index contributed by atoms with van der Waals surface area (Å²) in [4.78, 5) is 29.3. The molecule has 3 rings (SSSR count). The van der Waals surface area contributed by atoms with Gasteiger partial charge in [-0.1, -0.05) is 38.1 Å². The topological polar surface area (TPSA) is 93.8 Å². The Kier molecular flexibility index (Phi) is 4.61. The van der Waals surface area contributed by atoms with Crippen molar-refractivity contribution in [1.82, 2.24) is 5.32 Å². The Bertz CT molecular complexity index is 778. The summed E-state index contributed by atoms with van der Waals surface area (Å²) in [5, 5.41) is 3.02. The number of rotatable bonds is 5. The van der Waals surface area contributed by atoms with Gasteiger partial charge in [0.2, 0.25) is 11.6 Å². The number of hydrogen-bond donors (Lipinski definition) is 2. The molecule has 0 unspecified atom stereocenters. The largest absolute Gasteiger partial charge is 0.480 e. The van der Waals surface area contributed by atoms with Crippen molar-refractivity contribution in [2.75, 3.05) is 19.7 Å². The monoisotopic (exact) mass is 341 g/mol. The van der Waals surface area contributed by atoms with Gasteiger partial charge in [0.25, 0.3) is 0 Å². The van der Waals surface area contributed by atoms with Crippen LogP contribution in [-0.2, 0) is 4.74 Å². The fourth-order valence-corrected chi connectivity index (χ4v) is 2.85. The van der Waals surface area contributed by atoms with Crippen LogP contribution in [0.2, 0.25) is 0 Å². The molecule has 0 aromatic heterocycles. The van der Waals surface area contributed by atoms with Crippen LogP contribution in [-0.4, -0.2) is 37.2 Å². The molecule has 25 heavy (non-hydrogen) atoms. The van der Waals surface area contributed by atoms with Gasteiger partial charge in [0.15, 0.2) is 5.90 Å². The van der Waals surface area contributed by atoms with Crippen LogP contribution in [0, 0.1) is 5.41 Å². The number of allylic oxidation sites excluding steroid dienone is 2. The lowest BCUT2D eigenvalue weighted by molar-refractivity contribution is 0.0967. The first-order chi connectivity index (χ1) is 11.9. The molecule has 3 N–H and O–H groups in total. The third-order valence-electron chi connectivity index (χ3n) is 4.34. The number of nitrogens with one attached hydrogen (secondary N) is 1. The molecule has 6 nitrogen and oxygen atoms in total. The highest BCUT2D eigenvalue weighted by Crippen LogP contribution is 2.23. The van der Waals surface area contributed by atoms with Crippen molar-refractivity contribution >= 4 is 17.5 Å². The predicted octanol–water partition coefficient (Wildman–Crippen LogP) is 2.06. The van der Waals surface area contributed by atoms with Crippen molar-refractivity contribution in [3.63, 3.8) is 0 Å². The van der Waals surface area contributed by atoms with E-state index in [0.717, 1.165) is 18.9 Å². The zero-order valence-corrected chi connectivity index (χ0v) is 14.6. The first kappa shape index (κ1) is 17.2. The number of nitrogens with two attached hydrogens (primary N) is 1. The Hall–Kier alpha value is -2.63. The van der Waals surface area contributed by atoms with Gasteiger partial charge in [0.05, 0.1) is 13.2 Å². The first-order valence-corrected chi connectivity index (χ1v) is 8.47. The van der Waals surface area contributed by atoms with Crippen LogP contribution in [0.1, 0.15) is 47.4 Å². The molecular weight excluding hydrogens is 318 g/mol. The number of benzene rings is 1. The van der Waals surface area contributed by atoms with Gasteiger partial charge in [-0.25, -0.2) is 0 Å². The van der Waals surface area contributed by atoms with Crippen molar-refractivity contribution in [2.24, 2.45) is 16.1 Å². The van der Waals surface area contributed by atoms with Crippen LogP contribution in [0.3, 0.4) is 0 Å². The lowest BCUT2D eigenvalue weighted by Gasteiger charge is -2.28. The molecule has 1 heterocycles. The van der Waals surface area contributed by atoms with Gasteiger partial charge < -0.3 is 15.8 Å². The summed E-state index contributed by atoms with van der Waals surface area (Å²) >= 11 is 0. The Balaban J connectivity index is 1.58. The SMILES string of the molecule is CC1(C)CN=C(CCCNC2=C(N)C(=O)c3ccccc3C2=O)OC1. The molecule has 1 aliphatic carbocycles. The summed E-state index contributed by atoms with van der Waals surface area (Å²) in [7, 11) is 0. The van der Waals surface area contributed by atoms with Crippen molar-refractivity contribution in [1.29, 1.82) is 0 Å². The molecule has 1 aromatic carbocycles. The van der Waals surface area contributed by atoms with Crippen LogP contribution in [0.15, 0.2) is 40.7 Å². The van der Waals surface area contributed by atoms with Gasteiger partial charge in [0, 0.05) is 29.5 Å². The molecule has 0 radical (unpaired) electrons. The molecule has 0 spiro atoms. The van der Waals surface area contributed by atoms with Crippen LogP contribution in [0.25, 0.3) is 0 Å². The summed E-state index contributed by atoms with van der Waals surface area (Å²) in [6.07, 6.45) is 1.42. The molecule has 0 bridgehead atoms. The molecule has 1 aromatic rings. The second-order valence-corrected chi connectivity index (χ2v) is 7.19. The van der Waals surface area contributed by atoms with E-state index >= 15 is 0 Å². The van der Waals surface area contributed by atoms with Gasteiger partial charge in [-0.05, 0) is 6.42 Å². The summed E-state index contributed by atoms with van der Waals surface area (Å²) in [6, 6.07) is 6.74. The number of fused-ring (bicyclic) bond motifs is 1. The van der Waals surface area contributed by atoms with E-state index in [2.05, 4.69) is 24.2 Å². The Morgan fingerprint density at radius 2 is 1.88 bits per heavy atom. The second-order valence-electron chi connectivity index (χ2n) is 7.19. The molecule has 6 heteroatoms. The molecule has 1 aliphatic heterocycles. The summed E-state index contributed by atoms with van der Waals surface area (Å²) in [5.74, 6) is 0.208. The minimum absolute atomic E-state index is 0.0169. The maximum atomic E-state index is 12.5. The Morgan fingerprint density at radius 3 is 2.52 bits per heavy atom. The molecular formula is C19H23N3O3. The lowest BCUT2D eigenvalue weighted by atomic mass is 9.90. The third kappa shape index (κ3) is 3.57. The number of Topliss-reactive ketones (excluding diaryl/α,β-unsaturated/α-hetero) is 2. The maximum absolute atomic E-state index is 12.5. The van der Waals surface area contributed by atoms with Crippen molar-refractivity contribution in [3.8, 4) is 0 Å². The molecule has 0 fully saturated rings. The van der Waals surface area contributed by atoms with E-state index in [1.54, 1.807) is 24.3 Å². The average molecular weight is 341 g/mol. The van der Waals surface area contributed by atoms with Gasteiger partial charge in [-0.15, -0.1) is 0 Å². The van der Waals surface area contributed by atoms with E-state index in [1.807, 2.05) is 0 Å². The maximum Gasteiger partial charge on any atom is 0.211 e. The third-order valence-corrected chi connectivity index (χ3v) is 4.34. The van der Waals surface area contributed by atoms with Gasteiger partial charge in [0.1, 0.15) is 11.4 Å². The minimum Gasteiger partial charge on any atom is -0.480 e. The number of ether oxygens (including phenoxy) is 1. The van der Waals surface area contributed by atoms with Crippen molar-refractivity contribution in [3.05, 3.63) is 46.8 Å². The summed E-state index contributed by atoms with van der Waals surface area (Å²) in [5.41, 5.74) is 6.90. The predicted molar refractivity (Wildman–Crippen MR) is 95.6 cm³/mol. The number of carbonyl (C=O) groups excluding carboxylic acids is 2. The lowest BCUT2D eigenvalue weighted by Crippen LogP contribution is -2.34. The van der Waals surface area contributed by atoms with Crippen molar-refractivity contribution in [2.45, 2.75) is 26.7 Å². The fourth-order valence-electron chi connectivity index (χ4n) is 2.85. The standard InChI is InChI=1S/C19H23N3O3/c1-19(2)10-22-14(25-11-19)8-5-9-21-16-15(20)17(23)12-6-3-4-7-13(12)18(16)24/h3-4,6-7,21H,5,8-11,20H2,1-2H3. The van der Waals surface area contributed by atoms with Crippen molar-refractivity contribution < 1.29 is 14.3 Å². The van der Waals surface area contributed by atoms with Crippen LogP contribution in [0.4, 0.5) is 0 Å². The number of ketones is 2. The van der Waals surface area contributed by atoms with Crippen LogP contribution < -0.4 is 11.1 Å². The Morgan fingerprint density at radius 1 is 1.20 bits per heavy atom. The fraction of sp³-hybridized carbons (Fsp3) is 0.421. The molecule has 0 atom stereocenters. The zero-order valence-electron chi connectivity index (χ0n) is 14.6. The molecule has 0 amide bonds. The molecule has 0 saturated carbocycles. The van der Waals surface area contributed by atoms with Crippen LogP contribution in [0.5, 0.6) is 0 Å². The van der Waals surface area contributed by atoms with Gasteiger partial charge in [-0.3, -0.25) is 14.6 Å². The number of aliphatic imine (C=N–C) groups is 1. The Labute approximate surface area is 147 Å². The van der Waals surface area contributed by atoms with E-state index in [-0.39, 0.29) is 28.4 Å². The van der Waals surface area contributed by atoms with E-state index in [0.29, 0.717) is 30.7 Å². The highest BCUT2D eigenvalue weighted by molar-refractivity contribution is 6.26. The molecule has 2 aliphatic rings. The zero-order chi connectivity index (χ0) is 18.0. The quantitative estimate of drug-likeness (QED) is 0.800. The summed E-state index contributed by atoms with van der Waals surface area (Å²) in [6.45, 7) is 6.18. The molecule has 0 saturated heterocycles. The second kappa shape index (κ2) is 6.70. The highest BCUT2D eigenvalue weighted by atomic mass is 16.5. The first-order valence-electron chi connectivity index (χ1n) is 8.47. The average Bonchev–Trinajstić information content (AvgIpc) is 2.60. The van der Waals surface area contributed by atoms with Gasteiger partial charge in [-0.2, -0.15) is 0 Å². The molecule has 132 valence electrons. The van der Waals surface area contributed by atoms with E-state index in [1.165, 1.54) is 0 Å². The highest BCUT2D eigenvalue weighted by Gasteiger charge is 2.30.